The Kier molecular flexibility index (Phi) is 5.08. The van der Waals surface area contributed by atoms with Crippen molar-refractivity contribution in [2.24, 2.45) is 0 Å². The summed E-state index contributed by atoms with van der Waals surface area (Å²) in [6.07, 6.45) is 2.95. The molecule has 1 atom stereocenters. The number of carbonyl (C=O) groups is 1. The first-order chi connectivity index (χ1) is 8.81. The van der Waals surface area contributed by atoms with Crippen molar-refractivity contribution in [2.75, 3.05) is 12.4 Å². The molecule has 0 spiro atoms. The number of aliphatic hydroxyl groups is 1. The van der Waals surface area contributed by atoms with E-state index in [-0.39, 0.29) is 18.6 Å². The maximum Gasteiger partial charge on any atom is 0.220 e. The Hall–Kier alpha value is -1.00. The Labute approximate surface area is 112 Å². The van der Waals surface area contributed by atoms with Gasteiger partial charge in [-0.3, -0.25) is 4.79 Å². The highest BCUT2D eigenvalue weighted by Crippen LogP contribution is 2.35. The number of hydrogen-bond acceptors (Lipinski definition) is 3. The van der Waals surface area contributed by atoms with E-state index in [1.807, 2.05) is 23.9 Å². The zero-order chi connectivity index (χ0) is 12.8. The third-order valence-electron chi connectivity index (χ3n) is 3.11. The molecule has 0 fully saturated rings. The number of fused-ring (bicyclic) bond motifs is 1. The Morgan fingerprint density at radius 1 is 1.39 bits per heavy atom. The van der Waals surface area contributed by atoms with Crippen molar-refractivity contribution in [3.8, 4) is 0 Å². The van der Waals surface area contributed by atoms with Crippen molar-refractivity contribution in [2.45, 2.75) is 36.6 Å². The SMILES string of the molecule is O=C(CCCCO)NC1CCSc2ccccc21. The van der Waals surface area contributed by atoms with Crippen LogP contribution in [0.25, 0.3) is 0 Å². The van der Waals surface area contributed by atoms with Gasteiger partial charge in [-0.25, -0.2) is 0 Å². The summed E-state index contributed by atoms with van der Waals surface area (Å²) >= 11 is 1.86. The standard InChI is InChI=1S/C14H19NO2S/c16-9-4-3-7-14(17)15-12-8-10-18-13-6-2-1-5-11(12)13/h1-2,5-6,12,16H,3-4,7-10H2,(H,15,17). The molecule has 3 nitrogen and oxygen atoms in total. The van der Waals surface area contributed by atoms with Crippen LogP contribution in [0.15, 0.2) is 29.2 Å². The van der Waals surface area contributed by atoms with Gasteiger partial charge in [0.2, 0.25) is 5.91 Å². The van der Waals surface area contributed by atoms with Crippen LogP contribution < -0.4 is 5.32 Å². The van der Waals surface area contributed by atoms with E-state index in [0.717, 1.165) is 18.6 Å². The molecule has 1 heterocycles. The summed E-state index contributed by atoms with van der Waals surface area (Å²) in [5, 5.41) is 11.8. The Balaban J connectivity index is 1.92. The quantitative estimate of drug-likeness (QED) is 0.804. The molecule has 0 aromatic heterocycles. The predicted octanol–water partition coefficient (Wildman–Crippen LogP) is 2.50. The third kappa shape index (κ3) is 3.50. The lowest BCUT2D eigenvalue weighted by Crippen LogP contribution is -2.30. The first-order valence-corrected chi connectivity index (χ1v) is 7.42. The zero-order valence-corrected chi connectivity index (χ0v) is 11.2. The molecule has 2 N–H and O–H groups in total. The molecule has 18 heavy (non-hydrogen) atoms. The second-order valence-corrected chi connectivity index (χ2v) is 5.61. The van der Waals surface area contributed by atoms with Crippen molar-refractivity contribution in [1.82, 2.24) is 5.32 Å². The van der Waals surface area contributed by atoms with Crippen LogP contribution in [0.4, 0.5) is 0 Å². The fourth-order valence-corrected chi connectivity index (χ4v) is 3.28. The van der Waals surface area contributed by atoms with Crippen LogP contribution >= 0.6 is 11.8 Å². The van der Waals surface area contributed by atoms with E-state index in [1.54, 1.807) is 0 Å². The number of benzene rings is 1. The van der Waals surface area contributed by atoms with Crippen molar-refractivity contribution >= 4 is 17.7 Å². The molecule has 0 saturated carbocycles. The second-order valence-electron chi connectivity index (χ2n) is 4.48. The monoisotopic (exact) mass is 265 g/mol. The van der Waals surface area contributed by atoms with Crippen LogP contribution in [0, 0.1) is 0 Å². The molecular weight excluding hydrogens is 246 g/mol. The Morgan fingerprint density at radius 2 is 2.22 bits per heavy atom. The first-order valence-electron chi connectivity index (χ1n) is 6.43. The fourth-order valence-electron chi connectivity index (χ4n) is 2.16. The average Bonchev–Trinajstić information content (AvgIpc) is 2.39. The van der Waals surface area contributed by atoms with E-state index < -0.39 is 0 Å². The maximum atomic E-state index is 11.8. The lowest BCUT2D eigenvalue weighted by Gasteiger charge is -2.25. The van der Waals surface area contributed by atoms with E-state index in [4.69, 9.17) is 5.11 Å². The molecule has 1 aromatic carbocycles. The summed E-state index contributed by atoms with van der Waals surface area (Å²) < 4.78 is 0. The molecule has 1 unspecified atom stereocenters. The van der Waals surface area contributed by atoms with E-state index in [1.165, 1.54) is 10.5 Å². The number of unbranched alkanes of at least 4 members (excludes halogenated alkanes) is 1. The van der Waals surface area contributed by atoms with Crippen LogP contribution in [0.1, 0.15) is 37.3 Å². The van der Waals surface area contributed by atoms with E-state index in [9.17, 15) is 4.79 Å². The van der Waals surface area contributed by atoms with E-state index in [2.05, 4.69) is 17.4 Å². The predicted molar refractivity (Wildman–Crippen MR) is 73.6 cm³/mol. The number of thioether (sulfide) groups is 1. The van der Waals surface area contributed by atoms with Gasteiger partial charge in [-0.1, -0.05) is 18.2 Å². The average molecular weight is 265 g/mol. The van der Waals surface area contributed by atoms with Crippen molar-refractivity contribution < 1.29 is 9.90 Å². The topological polar surface area (TPSA) is 49.3 Å². The van der Waals surface area contributed by atoms with Crippen molar-refractivity contribution in [3.63, 3.8) is 0 Å². The number of amides is 1. The Bertz CT molecular complexity index is 409. The lowest BCUT2D eigenvalue weighted by molar-refractivity contribution is -0.122. The molecule has 4 heteroatoms. The minimum absolute atomic E-state index is 0.0927. The minimum atomic E-state index is 0.0927. The molecule has 1 amide bonds. The van der Waals surface area contributed by atoms with Crippen LogP contribution in [0.3, 0.4) is 0 Å². The number of carbonyl (C=O) groups excluding carboxylic acids is 1. The van der Waals surface area contributed by atoms with Gasteiger partial charge in [0.15, 0.2) is 0 Å². The zero-order valence-electron chi connectivity index (χ0n) is 10.4. The molecule has 0 saturated heterocycles. The molecule has 1 aromatic rings. The van der Waals surface area contributed by atoms with Crippen molar-refractivity contribution in [1.29, 1.82) is 0 Å². The molecule has 1 aliphatic heterocycles. The van der Waals surface area contributed by atoms with Crippen LogP contribution in [-0.4, -0.2) is 23.4 Å². The maximum absolute atomic E-state index is 11.8. The van der Waals surface area contributed by atoms with Crippen LogP contribution in [0.5, 0.6) is 0 Å². The summed E-state index contributed by atoms with van der Waals surface area (Å²) in [4.78, 5) is 13.1. The number of hydrogen-bond donors (Lipinski definition) is 2. The highest BCUT2D eigenvalue weighted by atomic mass is 32.2. The lowest BCUT2D eigenvalue weighted by atomic mass is 10.0. The molecule has 2 rings (SSSR count). The van der Waals surface area contributed by atoms with Gasteiger partial charge in [0.05, 0.1) is 6.04 Å². The van der Waals surface area contributed by atoms with Gasteiger partial charge in [0.1, 0.15) is 0 Å². The number of nitrogens with one attached hydrogen (secondary N) is 1. The first kappa shape index (κ1) is 13.4. The normalized spacial score (nSPS) is 18.2. The summed E-state index contributed by atoms with van der Waals surface area (Å²) in [6, 6.07) is 8.43. The van der Waals surface area contributed by atoms with Gasteiger partial charge < -0.3 is 10.4 Å². The Morgan fingerprint density at radius 3 is 3.06 bits per heavy atom. The molecule has 98 valence electrons. The van der Waals surface area contributed by atoms with E-state index >= 15 is 0 Å². The van der Waals surface area contributed by atoms with Gasteiger partial charge >= 0.3 is 0 Å². The third-order valence-corrected chi connectivity index (χ3v) is 4.23. The van der Waals surface area contributed by atoms with E-state index in [0.29, 0.717) is 12.8 Å². The summed E-state index contributed by atoms with van der Waals surface area (Å²) in [7, 11) is 0. The minimum Gasteiger partial charge on any atom is -0.396 e. The molecular formula is C14H19NO2S. The fraction of sp³-hybridized carbons (Fsp3) is 0.500. The van der Waals surface area contributed by atoms with Crippen LogP contribution in [-0.2, 0) is 4.79 Å². The van der Waals surface area contributed by atoms with Gasteiger partial charge in [-0.2, -0.15) is 0 Å². The molecule has 1 aliphatic rings. The molecule has 0 radical (unpaired) electrons. The number of aliphatic hydroxyl groups excluding tert-OH is 1. The molecule has 0 bridgehead atoms. The summed E-state index contributed by atoms with van der Waals surface area (Å²) in [5.41, 5.74) is 1.24. The summed E-state index contributed by atoms with van der Waals surface area (Å²) in [6.45, 7) is 0.163. The van der Waals surface area contributed by atoms with Crippen LogP contribution in [0.2, 0.25) is 0 Å². The van der Waals surface area contributed by atoms with Gasteiger partial charge in [0, 0.05) is 23.7 Å². The van der Waals surface area contributed by atoms with Gasteiger partial charge in [-0.15, -0.1) is 11.8 Å². The largest absolute Gasteiger partial charge is 0.396 e. The van der Waals surface area contributed by atoms with Crippen molar-refractivity contribution in [3.05, 3.63) is 29.8 Å². The number of rotatable bonds is 5. The second kappa shape index (κ2) is 6.81. The highest BCUT2D eigenvalue weighted by Gasteiger charge is 2.21. The molecule has 0 aliphatic carbocycles. The highest BCUT2D eigenvalue weighted by molar-refractivity contribution is 7.99. The summed E-state index contributed by atoms with van der Waals surface area (Å²) in [5.74, 6) is 1.15. The van der Waals surface area contributed by atoms with Gasteiger partial charge in [-0.05, 0) is 30.9 Å². The van der Waals surface area contributed by atoms with Gasteiger partial charge in [0.25, 0.3) is 0 Å². The smallest absolute Gasteiger partial charge is 0.220 e.